The molecule has 0 aromatic heterocycles. The molecular formula is C27H24F3N5O2. The summed E-state index contributed by atoms with van der Waals surface area (Å²) in [5.74, 6) is -0.663. The number of hydrogen-bond acceptors (Lipinski definition) is 5. The molecule has 0 atom stereocenters. The van der Waals surface area contributed by atoms with Crippen molar-refractivity contribution in [1.29, 1.82) is 5.26 Å². The van der Waals surface area contributed by atoms with Crippen LogP contribution in [0.25, 0.3) is 0 Å². The molecule has 37 heavy (non-hydrogen) atoms. The van der Waals surface area contributed by atoms with Gasteiger partial charge in [-0.3, -0.25) is 4.79 Å². The molecule has 0 radical (unpaired) electrons. The predicted octanol–water partition coefficient (Wildman–Crippen LogP) is 6.11. The van der Waals surface area contributed by atoms with E-state index in [9.17, 15) is 22.8 Å². The van der Waals surface area contributed by atoms with Crippen LogP contribution in [-0.4, -0.2) is 29.4 Å². The van der Waals surface area contributed by atoms with Gasteiger partial charge in [-0.1, -0.05) is 18.2 Å². The molecule has 1 aliphatic heterocycles. The summed E-state index contributed by atoms with van der Waals surface area (Å²) in [7, 11) is 1.82. The minimum atomic E-state index is -4.82. The Morgan fingerprint density at radius 1 is 0.973 bits per heavy atom. The fourth-order valence-electron chi connectivity index (χ4n) is 4.16. The van der Waals surface area contributed by atoms with Gasteiger partial charge in [-0.05, 0) is 67.9 Å². The maximum Gasteiger partial charge on any atom is 0.417 e. The number of carbonyl (C=O) groups is 2. The van der Waals surface area contributed by atoms with Crippen LogP contribution in [0.4, 0.5) is 40.7 Å². The third-order valence-electron chi connectivity index (χ3n) is 6.31. The summed E-state index contributed by atoms with van der Waals surface area (Å²) in [5.41, 5.74) is -0.179. The summed E-state index contributed by atoms with van der Waals surface area (Å²) < 4.78 is 40.6. The van der Waals surface area contributed by atoms with E-state index in [2.05, 4.69) is 10.6 Å². The molecule has 10 heteroatoms. The average molecular weight is 508 g/mol. The second-order valence-electron chi connectivity index (χ2n) is 9.02. The fraction of sp³-hybridized carbons (Fsp3) is 0.222. The van der Waals surface area contributed by atoms with E-state index in [4.69, 9.17) is 5.26 Å². The maximum absolute atomic E-state index is 13.5. The van der Waals surface area contributed by atoms with Crippen LogP contribution in [-0.2, 0) is 17.5 Å². The van der Waals surface area contributed by atoms with Crippen molar-refractivity contribution in [2.75, 3.05) is 22.6 Å². The molecule has 4 rings (SSSR count). The zero-order chi connectivity index (χ0) is 27.0. The van der Waals surface area contributed by atoms with Crippen molar-refractivity contribution >= 4 is 34.7 Å². The summed E-state index contributed by atoms with van der Waals surface area (Å²) in [6, 6.07) is 18.4. The Kier molecular flexibility index (Phi) is 6.57. The Hall–Kier alpha value is -4.52. The number of rotatable bonds is 6. The molecule has 7 nitrogen and oxygen atoms in total. The van der Waals surface area contributed by atoms with Crippen LogP contribution >= 0.6 is 0 Å². The molecule has 0 spiro atoms. The Morgan fingerprint density at radius 2 is 1.62 bits per heavy atom. The van der Waals surface area contributed by atoms with E-state index < -0.39 is 34.8 Å². The van der Waals surface area contributed by atoms with Crippen LogP contribution in [0.5, 0.6) is 0 Å². The van der Waals surface area contributed by atoms with Crippen molar-refractivity contribution in [1.82, 2.24) is 4.90 Å². The number of nitrogens with zero attached hydrogens (tertiary/aromatic N) is 3. The first-order valence-electron chi connectivity index (χ1n) is 11.4. The highest BCUT2D eigenvalue weighted by atomic mass is 19.4. The highest BCUT2D eigenvalue weighted by molar-refractivity contribution is 6.23. The second-order valence-corrected chi connectivity index (χ2v) is 9.02. The summed E-state index contributed by atoms with van der Waals surface area (Å²) in [6.45, 7) is 3.14. The Labute approximate surface area is 212 Å². The van der Waals surface area contributed by atoms with E-state index in [1.54, 1.807) is 19.9 Å². The molecule has 1 aliphatic rings. The van der Waals surface area contributed by atoms with Crippen LogP contribution in [0.1, 0.15) is 30.5 Å². The Bertz CT molecular complexity index is 1390. The van der Waals surface area contributed by atoms with Gasteiger partial charge in [0.1, 0.15) is 5.54 Å². The number of imide groups is 1. The number of hydrogen-bond donors (Lipinski definition) is 2. The number of anilines is 4. The second kappa shape index (κ2) is 9.50. The molecule has 0 unspecified atom stereocenters. The molecule has 0 aliphatic carbocycles. The number of amides is 3. The molecule has 190 valence electrons. The molecule has 1 fully saturated rings. The first-order chi connectivity index (χ1) is 17.5. The third kappa shape index (κ3) is 4.80. The van der Waals surface area contributed by atoms with Gasteiger partial charge in [0, 0.05) is 24.1 Å². The topological polar surface area (TPSA) is 88.5 Å². The fourth-order valence-corrected chi connectivity index (χ4v) is 4.16. The smallest absolute Gasteiger partial charge is 0.388 e. The molecule has 3 amide bonds. The number of urea groups is 1. The van der Waals surface area contributed by atoms with Gasteiger partial charge >= 0.3 is 12.2 Å². The van der Waals surface area contributed by atoms with Crippen LogP contribution in [0.2, 0.25) is 0 Å². The van der Waals surface area contributed by atoms with E-state index >= 15 is 0 Å². The minimum Gasteiger partial charge on any atom is -0.388 e. The number of nitrogens with one attached hydrogen (secondary N) is 2. The van der Waals surface area contributed by atoms with Gasteiger partial charge in [0.15, 0.2) is 0 Å². The number of benzene rings is 3. The van der Waals surface area contributed by atoms with Crippen molar-refractivity contribution in [3.05, 3.63) is 83.4 Å². The van der Waals surface area contributed by atoms with Crippen LogP contribution in [0.15, 0.2) is 66.7 Å². The molecule has 0 bridgehead atoms. The van der Waals surface area contributed by atoms with Gasteiger partial charge in [-0.2, -0.15) is 18.4 Å². The van der Waals surface area contributed by atoms with E-state index in [-0.39, 0.29) is 12.2 Å². The standard InChI is InChI=1S/C27H24F3N5O2/c1-26(2)24(36)35(21-13-8-17(15-31)22(14-21)27(28,29)30)25(37)34(26)16-18-6-4-5-7-23(18)33-20-11-9-19(32-3)10-12-20/h4-14,32-33H,16H2,1-3H3. The van der Waals surface area contributed by atoms with Gasteiger partial charge in [-0.15, -0.1) is 0 Å². The minimum absolute atomic E-state index is 0.0360. The number of halogens is 3. The molecule has 1 heterocycles. The zero-order valence-electron chi connectivity index (χ0n) is 20.3. The summed E-state index contributed by atoms with van der Waals surface area (Å²) in [5, 5.41) is 15.4. The number of nitriles is 1. The quantitative estimate of drug-likeness (QED) is 0.393. The largest absolute Gasteiger partial charge is 0.417 e. The zero-order valence-corrected chi connectivity index (χ0v) is 20.3. The SMILES string of the molecule is CNc1ccc(Nc2ccccc2CN2C(=O)N(c3ccc(C#N)c(C(F)(F)F)c3)C(=O)C2(C)C)cc1. The highest BCUT2D eigenvalue weighted by Gasteiger charge is 2.52. The number of carbonyl (C=O) groups excluding carboxylic acids is 2. The first kappa shape index (κ1) is 25.6. The molecule has 0 saturated carbocycles. The molecular weight excluding hydrogens is 483 g/mol. The van der Waals surface area contributed by atoms with E-state index in [0.717, 1.165) is 22.3 Å². The highest BCUT2D eigenvalue weighted by Crippen LogP contribution is 2.38. The van der Waals surface area contributed by atoms with Gasteiger partial charge in [0.25, 0.3) is 5.91 Å². The lowest BCUT2D eigenvalue weighted by molar-refractivity contribution is -0.137. The maximum atomic E-state index is 13.5. The van der Waals surface area contributed by atoms with E-state index in [0.29, 0.717) is 17.3 Å². The monoisotopic (exact) mass is 507 g/mol. The normalized spacial score (nSPS) is 15.1. The van der Waals surface area contributed by atoms with Gasteiger partial charge in [-0.25, -0.2) is 9.69 Å². The van der Waals surface area contributed by atoms with Gasteiger partial charge in [0.2, 0.25) is 0 Å². The predicted molar refractivity (Wildman–Crippen MR) is 134 cm³/mol. The average Bonchev–Trinajstić information content (AvgIpc) is 3.03. The molecule has 2 N–H and O–H groups in total. The van der Waals surface area contributed by atoms with Crippen molar-refractivity contribution in [3.63, 3.8) is 0 Å². The van der Waals surface area contributed by atoms with Crippen molar-refractivity contribution in [2.45, 2.75) is 32.1 Å². The van der Waals surface area contributed by atoms with Crippen molar-refractivity contribution in [2.24, 2.45) is 0 Å². The molecule has 3 aromatic carbocycles. The van der Waals surface area contributed by atoms with Crippen LogP contribution < -0.4 is 15.5 Å². The van der Waals surface area contributed by atoms with Gasteiger partial charge in [0.05, 0.1) is 29.4 Å². The first-order valence-corrected chi connectivity index (χ1v) is 11.4. The third-order valence-corrected chi connectivity index (χ3v) is 6.31. The summed E-state index contributed by atoms with van der Waals surface area (Å²) in [4.78, 5) is 28.8. The lowest BCUT2D eigenvalue weighted by Gasteiger charge is -2.28. The number of para-hydroxylation sites is 1. The van der Waals surface area contributed by atoms with Gasteiger partial charge < -0.3 is 15.5 Å². The molecule has 3 aromatic rings. The van der Waals surface area contributed by atoms with Crippen molar-refractivity contribution < 1.29 is 22.8 Å². The number of alkyl halides is 3. The summed E-state index contributed by atoms with van der Waals surface area (Å²) in [6.07, 6.45) is -4.82. The van der Waals surface area contributed by atoms with E-state index in [1.165, 1.54) is 17.0 Å². The lowest BCUT2D eigenvalue weighted by atomic mass is 10.0. The lowest BCUT2D eigenvalue weighted by Crippen LogP contribution is -2.43. The van der Waals surface area contributed by atoms with Crippen LogP contribution in [0.3, 0.4) is 0 Å². The summed E-state index contributed by atoms with van der Waals surface area (Å²) >= 11 is 0. The Balaban J connectivity index is 1.66. The molecule has 1 saturated heterocycles. The Morgan fingerprint density at radius 3 is 2.24 bits per heavy atom. The van der Waals surface area contributed by atoms with Crippen molar-refractivity contribution in [3.8, 4) is 6.07 Å². The van der Waals surface area contributed by atoms with E-state index in [1.807, 2.05) is 49.5 Å². The van der Waals surface area contributed by atoms with Crippen LogP contribution in [0, 0.1) is 11.3 Å².